The van der Waals surface area contributed by atoms with Crippen LogP contribution in [-0.2, 0) is 11.3 Å². The van der Waals surface area contributed by atoms with E-state index in [1.54, 1.807) is 0 Å². The first-order chi connectivity index (χ1) is 10.1. The summed E-state index contributed by atoms with van der Waals surface area (Å²) in [7, 11) is 0. The number of primary amides is 1. The van der Waals surface area contributed by atoms with Crippen molar-refractivity contribution in [1.29, 1.82) is 0 Å². The van der Waals surface area contributed by atoms with Crippen LogP contribution in [0.4, 0.5) is 0 Å². The second-order valence-corrected chi connectivity index (χ2v) is 6.41. The Balaban J connectivity index is 1.77. The first kappa shape index (κ1) is 14.5. The minimum absolute atomic E-state index is 0.0426. The fourth-order valence-electron chi connectivity index (χ4n) is 2.94. The number of carbonyl (C=O) groups excluding carboxylic acids is 1. The minimum Gasteiger partial charge on any atom is -0.369 e. The molecule has 0 spiro atoms. The largest absolute Gasteiger partial charge is 0.369 e. The van der Waals surface area contributed by atoms with E-state index in [-0.39, 0.29) is 11.8 Å². The predicted molar refractivity (Wildman–Crippen MR) is 86.6 cm³/mol. The minimum atomic E-state index is -0.162. The van der Waals surface area contributed by atoms with E-state index in [0.29, 0.717) is 0 Å². The zero-order chi connectivity index (χ0) is 14.8. The third kappa shape index (κ3) is 3.09. The molecule has 21 heavy (non-hydrogen) atoms. The summed E-state index contributed by atoms with van der Waals surface area (Å²) in [5, 5.41) is 1.14. The molecule has 1 fully saturated rings. The van der Waals surface area contributed by atoms with Crippen LogP contribution >= 0.6 is 15.9 Å². The second kappa shape index (κ2) is 6.12. The highest BCUT2D eigenvalue weighted by atomic mass is 79.9. The van der Waals surface area contributed by atoms with Crippen molar-refractivity contribution in [3.05, 3.63) is 40.5 Å². The van der Waals surface area contributed by atoms with Gasteiger partial charge in [0.1, 0.15) is 0 Å². The molecule has 0 saturated carbocycles. The molecule has 2 aromatic rings. The highest BCUT2D eigenvalue weighted by molar-refractivity contribution is 9.10. The summed E-state index contributed by atoms with van der Waals surface area (Å²) in [6.07, 6.45) is 3.55. The van der Waals surface area contributed by atoms with Crippen LogP contribution in [0.15, 0.2) is 34.9 Å². The van der Waals surface area contributed by atoms with Crippen molar-refractivity contribution in [1.82, 2.24) is 9.88 Å². The van der Waals surface area contributed by atoms with Gasteiger partial charge in [0, 0.05) is 28.5 Å². The summed E-state index contributed by atoms with van der Waals surface area (Å²) >= 11 is 3.58. The van der Waals surface area contributed by atoms with E-state index in [1.807, 2.05) is 12.3 Å². The summed E-state index contributed by atoms with van der Waals surface area (Å²) in [5.74, 6) is -0.119. The molecule has 1 aromatic heterocycles. The number of hydrogen-bond acceptors (Lipinski definition) is 3. The summed E-state index contributed by atoms with van der Waals surface area (Å²) in [4.78, 5) is 18.1. The third-order valence-corrected chi connectivity index (χ3v) is 4.88. The van der Waals surface area contributed by atoms with E-state index in [9.17, 15) is 4.79 Å². The van der Waals surface area contributed by atoms with Crippen LogP contribution < -0.4 is 5.73 Å². The Morgan fingerprint density at radius 2 is 2.10 bits per heavy atom. The number of benzene rings is 1. The van der Waals surface area contributed by atoms with Gasteiger partial charge in [0.2, 0.25) is 5.91 Å². The van der Waals surface area contributed by atoms with Crippen LogP contribution in [0.3, 0.4) is 0 Å². The van der Waals surface area contributed by atoms with Gasteiger partial charge in [-0.25, -0.2) is 0 Å². The smallest absolute Gasteiger partial charge is 0.220 e. The molecule has 2 N–H and O–H groups in total. The van der Waals surface area contributed by atoms with Crippen molar-refractivity contribution < 1.29 is 4.79 Å². The van der Waals surface area contributed by atoms with E-state index in [0.717, 1.165) is 47.9 Å². The van der Waals surface area contributed by atoms with Crippen molar-refractivity contribution in [2.24, 2.45) is 11.7 Å². The Hall–Kier alpha value is -1.46. The van der Waals surface area contributed by atoms with Gasteiger partial charge in [0.05, 0.1) is 5.52 Å². The normalized spacial score (nSPS) is 17.2. The summed E-state index contributed by atoms with van der Waals surface area (Å²) in [6, 6.07) is 8.24. The zero-order valence-corrected chi connectivity index (χ0v) is 13.3. The molecule has 0 aliphatic carbocycles. The van der Waals surface area contributed by atoms with Crippen molar-refractivity contribution in [3.8, 4) is 0 Å². The van der Waals surface area contributed by atoms with Crippen LogP contribution in [0, 0.1) is 5.92 Å². The number of carbonyl (C=O) groups is 1. The lowest BCUT2D eigenvalue weighted by Crippen LogP contribution is -2.38. The van der Waals surface area contributed by atoms with Gasteiger partial charge in [-0.2, -0.15) is 0 Å². The molecule has 1 amide bonds. The maximum Gasteiger partial charge on any atom is 0.220 e. The SMILES string of the molecule is NC(=O)C1CCN(Cc2ccc(Br)c3cccnc23)CC1. The first-order valence-corrected chi connectivity index (χ1v) is 7.98. The Morgan fingerprint density at radius 3 is 2.81 bits per heavy atom. The van der Waals surface area contributed by atoms with Gasteiger partial charge < -0.3 is 5.73 Å². The van der Waals surface area contributed by atoms with Gasteiger partial charge in [-0.05, 0) is 43.6 Å². The van der Waals surface area contributed by atoms with Gasteiger partial charge >= 0.3 is 0 Å². The highest BCUT2D eigenvalue weighted by Gasteiger charge is 2.23. The van der Waals surface area contributed by atoms with Crippen molar-refractivity contribution in [2.45, 2.75) is 19.4 Å². The number of nitrogens with two attached hydrogens (primary N) is 1. The quantitative estimate of drug-likeness (QED) is 0.928. The number of halogens is 1. The summed E-state index contributed by atoms with van der Waals surface area (Å²) in [6.45, 7) is 2.70. The number of rotatable bonds is 3. The fraction of sp³-hybridized carbons (Fsp3) is 0.375. The molecule has 3 rings (SSSR count). The van der Waals surface area contributed by atoms with E-state index >= 15 is 0 Å². The Labute approximate surface area is 132 Å². The van der Waals surface area contributed by atoms with Crippen LogP contribution in [0.2, 0.25) is 0 Å². The average Bonchev–Trinajstić information content (AvgIpc) is 2.51. The number of fused-ring (bicyclic) bond motifs is 1. The molecule has 4 nitrogen and oxygen atoms in total. The number of nitrogens with zero attached hydrogens (tertiary/aromatic N) is 2. The van der Waals surface area contributed by atoms with Crippen LogP contribution in [-0.4, -0.2) is 28.9 Å². The van der Waals surface area contributed by atoms with E-state index in [1.165, 1.54) is 5.56 Å². The molecular formula is C16H18BrN3O. The van der Waals surface area contributed by atoms with Gasteiger partial charge in [-0.15, -0.1) is 0 Å². The summed E-state index contributed by atoms with van der Waals surface area (Å²) < 4.78 is 1.07. The maximum absolute atomic E-state index is 11.2. The van der Waals surface area contributed by atoms with E-state index in [4.69, 9.17) is 5.73 Å². The topological polar surface area (TPSA) is 59.2 Å². The van der Waals surface area contributed by atoms with E-state index in [2.05, 4.69) is 44.0 Å². The number of pyridine rings is 1. The number of likely N-dealkylation sites (tertiary alicyclic amines) is 1. The number of hydrogen-bond donors (Lipinski definition) is 1. The first-order valence-electron chi connectivity index (χ1n) is 7.19. The molecule has 1 aliphatic heterocycles. The molecule has 0 atom stereocenters. The molecule has 110 valence electrons. The van der Waals surface area contributed by atoms with Crippen molar-refractivity contribution >= 4 is 32.7 Å². The van der Waals surface area contributed by atoms with Crippen molar-refractivity contribution in [3.63, 3.8) is 0 Å². The molecule has 0 unspecified atom stereocenters. The fourth-order valence-corrected chi connectivity index (χ4v) is 3.39. The molecule has 2 heterocycles. The molecule has 5 heteroatoms. The highest BCUT2D eigenvalue weighted by Crippen LogP contribution is 2.27. The molecule has 0 bridgehead atoms. The van der Waals surface area contributed by atoms with Gasteiger partial charge in [-0.1, -0.05) is 28.1 Å². The third-order valence-electron chi connectivity index (χ3n) is 4.18. The van der Waals surface area contributed by atoms with Gasteiger partial charge in [0.15, 0.2) is 0 Å². The Kier molecular flexibility index (Phi) is 4.22. The zero-order valence-electron chi connectivity index (χ0n) is 11.8. The van der Waals surface area contributed by atoms with Crippen LogP contribution in [0.1, 0.15) is 18.4 Å². The maximum atomic E-state index is 11.2. The van der Waals surface area contributed by atoms with Crippen molar-refractivity contribution in [2.75, 3.05) is 13.1 Å². The molecule has 1 aliphatic rings. The van der Waals surface area contributed by atoms with Gasteiger partial charge in [0.25, 0.3) is 0 Å². The van der Waals surface area contributed by atoms with E-state index < -0.39 is 0 Å². The standard InChI is InChI=1S/C16H18BrN3O/c17-14-4-3-12(15-13(14)2-1-7-19-15)10-20-8-5-11(6-9-20)16(18)21/h1-4,7,11H,5-6,8-10H2,(H2,18,21). The Bertz CT molecular complexity index is 666. The van der Waals surface area contributed by atoms with Crippen LogP contribution in [0.25, 0.3) is 10.9 Å². The average molecular weight is 348 g/mol. The van der Waals surface area contributed by atoms with Crippen LogP contribution in [0.5, 0.6) is 0 Å². The predicted octanol–water partition coefficient (Wildman–Crippen LogP) is 2.69. The number of aromatic nitrogens is 1. The Morgan fingerprint density at radius 1 is 1.33 bits per heavy atom. The number of amides is 1. The number of piperidine rings is 1. The monoisotopic (exact) mass is 347 g/mol. The lowest BCUT2D eigenvalue weighted by Gasteiger charge is -2.30. The summed E-state index contributed by atoms with van der Waals surface area (Å²) in [5.41, 5.74) is 7.66. The van der Waals surface area contributed by atoms with Gasteiger partial charge in [-0.3, -0.25) is 14.7 Å². The molecule has 1 saturated heterocycles. The molecule has 0 radical (unpaired) electrons. The molecular weight excluding hydrogens is 330 g/mol. The lowest BCUT2D eigenvalue weighted by molar-refractivity contribution is -0.123. The molecule has 1 aromatic carbocycles. The lowest BCUT2D eigenvalue weighted by atomic mass is 9.96. The second-order valence-electron chi connectivity index (χ2n) is 5.56.